The lowest BCUT2D eigenvalue weighted by Crippen LogP contribution is -2.50. The number of nitrogens with zero attached hydrogens (tertiary/aromatic N) is 2. The Hall–Kier alpha value is -2.82. The summed E-state index contributed by atoms with van der Waals surface area (Å²) >= 11 is 0. The number of hydrogen-bond acceptors (Lipinski definition) is 3. The maximum absolute atomic E-state index is 12.6. The third-order valence-corrected chi connectivity index (χ3v) is 4.70. The average molecular weight is 338 g/mol. The van der Waals surface area contributed by atoms with E-state index in [0.29, 0.717) is 37.3 Å². The molecule has 0 bridgehead atoms. The quantitative estimate of drug-likeness (QED) is 0.916. The third-order valence-electron chi connectivity index (χ3n) is 4.70. The fourth-order valence-corrected chi connectivity index (χ4v) is 2.99. The van der Waals surface area contributed by atoms with Crippen LogP contribution < -0.4 is 0 Å². The van der Waals surface area contributed by atoms with Crippen LogP contribution in [0.3, 0.4) is 0 Å². The highest BCUT2D eigenvalue weighted by atomic mass is 16.3. The van der Waals surface area contributed by atoms with Crippen LogP contribution in [0.5, 0.6) is 5.75 Å². The Morgan fingerprint density at radius 3 is 1.88 bits per heavy atom. The summed E-state index contributed by atoms with van der Waals surface area (Å²) in [6.45, 7) is 6.02. The zero-order chi connectivity index (χ0) is 18.0. The van der Waals surface area contributed by atoms with Crippen molar-refractivity contribution in [1.29, 1.82) is 0 Å². The molecule has 5 nitrogen and oxygen atoms in total. The van der Waals surface area contributed by atoms with E-state index in [1.54, 1.807) is 21.9 Å². The lowest BCUT2D eigenvalue weighted by molar-refractivity contribution is 0.0535. The molecule has 1 aliphatic heterocycles. The summed E-state index contributed by atoms with van der Waals surface area (Å²) in [4.78, 5) is 28.6. The van der Waals surface area contributed by atoms with Crippen molar-refractivity contribution in [2.24, 2.45) is 0 Å². The van der Waals surface area contributed by atoms with E-state index in [1.807, 2.05) is 32.0 Å². The lowest BCUT2D eigenvalue weighted by atomic mass is 10.1. The van der Waals surface area contributed by atoms with E-state index < -0.39 is 0 Å². The van der Waals surface area contributed by atoms with Gasteiger partial charge in [0.1, 0.15) is 5.75 Å². The van der Waals surface area contributed by atoms with E-state index in [2.05, 4.69) is 0 Å². The lowest BCUT2D eigenvalue weighted by Gasteiger charge is -2.35. The highest BCUT2D eigenvalue weighted by molar-refractivity contribution is 5.96. The largest absolute Gasteiger partial charge is 0.508 e. The van der Waals surface area contributed by atoms with E-state index in [4.69, 9.17) is 0 Å². The molecule has 5 heteroatoms. The number of aromatic hydroxyl groups is 1. The summed E-state index contributed by atoms with van der Waals surface area (Å²) in [5, 5.41) is 9.52. The first-order valence-corrected chi connectivity index (χ1v) is 8.40. The number of carbonyl (C=O) groups excluding carboxylic acids is 2. The van der Waals surface area contributed by atoms with Gasteiger partial charge in [0.15, 0.2) is 0 Å². The second-order valence-electron chi connectivity index (χ2n) is 6.43. The molecule has 1 heterocycles. The van der Waals surface area contributed by atoms with E-state index in [1.165, 1.54) is 12.1 Å². The monoisotopic (exact) mass is 338 g/mol. The van der Waals surface area contributed by atoms with Crippen LogP contribution >= 0.6 is 0 Å². The van der Waals surface area contributed by atoms with E-state index in [-0.39, 0.29) is 17.6 Å². The Morgan fingerprint density at radius 2 is 1.36 bits per heavy atom. The highest BCUT2D eigenvalue weighted by Gasteiger charge is 2.25. The molecule has 2 aromatic carbocycles. The molecule has 0 spiro atoms. The number of rotatable bonds is 2. The van der Waals surface area contributed by atoms with Crippen LogP contribution in [0.2, 0.25) is 0 Å². The molecule has 0 aromatic heterocycles. The molecule has 0 saturated carbocycles. The number of hydrogen-bond donors (Lipinski definition) is 1. The van der Waals surface area contributed by atoms with Crippen LogP contribution in [-0.2, 0) is 0 Å². The fraction of sp³-hybridized carbons (Fsp3) is 0.300. The van der Waals surface area contributed by atoms with E-state index in [0.717, 1.165) is 11.1 Å². The topological polar surface area (TPSA) is 60.9 Å². The van der Waals surface area contributed by atoms with E-state index in [9.17, 15) is 14.7 Å². The van der Waals surface area contributed by atoms with Gasteiger partial charge in [-0.15, -0.1) is 0 Å². The molecule has 0 radical (unpaired) electrons. The van der Waals surface area contributed by atoms with Crippen molar-refractivity contribution >= 4 is 11.8 Å². The van der Waals surface area contributed by atoms with Crippen molar-refractivity contribution in [2.75, 3.05) is 26.2 Å². The zero-order valence-electron chi connectivity index (χ0n) is 14.5. The summed E-state index contributed by atoms with van der Waals surface area (Å²) in [7, 11) is 0. The van der Waals surface area contributed by atoms with Gasteiger partial charge >= 0.3 is 0 Å². The molecule has 130 valence electrons. The number of benzene rings is 2. The van der Waals surface area contributed by atoms with Crippen molar-refractivity contribution in [3.8, 4) is 5.75 Å². The predicted molar refractivity (Wildman–Crippen MR) is 95.8 cm³/mol. The molecule has 0 atom stereocenters. The minimum absolute atomic E-state index is 0.00699. The maximum atomic E-state index is 12.6. The molecule has 1 aliphatic rings. The molecule has 25 heavy (non-hydrogen) atoms. The number of carbonyl (C=O) groups is 2. The van der Waals surface area contributed by atoms with Gasteiger partial charge in [-0.2, -0.15) is 0 Å². The van der Waals surface area contributed by atoms with Gasteiger partial charge in [0.2, 0.25) is 0 Å². The van der Waals surface area contributed by atoms with Crippen molar-refractivity contribution in [1.82, 2.24) is 9.80 Å². The number of amides is 2. The van der Waals surface area contributed by atoms with Gasteiger partial charge in [-0.25, -0.2) is 0 Å². The van der Waals surface area contributed by atoms with Crippen molar-refractivity contribution in [3.63, 3.8) is 0 Å². The van der Waals surface area contributed by atoms with Gasteiger partial charge in [-0.1, -0.05) is 12.1 Å². The first-order valence-electron chi connectivity index (χ1n) is 8.40. The van der Waals surface area contributed by atoms with Gasteiger partial charge in [0, 0.05) is 37.3 Å². The zero-order valence-corrected chi connectivity index (χ0v) is 14.5. The molecule has 0 aliphatic carbocycles. The Morgan fingerprint density at radius 1 is 0.800 bits per heavy atom. The van der Waals surface area contributed by atoms with Gasteiger partial charge in [0.25, 0.3) is 11.8 Å². The molecule has 2 aromatic rings. The minimum atomic E-state index is -0.117. The fourth-order valence-electron chi connectivity index (χ4n) is 2.99. The first-order chi connectivity index (χ1) is 12.0. The summed E-state index contributed by atoms with van der Waals surface area (Å²) in [6.07, 6.45) is 0. The molecular formula is C20H22N2O3. The number of piperazine rings is 1. The molecule has 1 fully saturated rings. The predicted octanol–water partition coefficient (Wildman–Crippen LogP) is 2.61. The maximum Gasteiger partial charge on any atom is 0.254 e. The third kappa shape index (κ3) is 3.65. The van der Waals surface area contributed by atoms with Crippen molar-refractivity contribution < 1.29 is 14.7 Å². The molecule has 1 saturated heterocycles. The Balaban J connectivity index is 1.64. The molecule has 3 rings (SSSR count). The molecule has 0 unspecified atom stereocenters. The van der Waals surface area contributed by atoms with Crippen molar-refractivity contribution in [3.05, 3.63) is 64.7 Å². The van der Waals surface area contributed by atoms with Crippen LogP contribution in [0.4, 0.5) is 0 Å². The van der Waals surface area contributed by atoms with Gasteiger partial charge < -0.3 is 14.9 Å². The number of aryl methyl sites for hydroxylation is 2. The summed E-state index contributed by atoms with van der Waals surface area (Å²) in [6, 6.07) is 12.1. The van der Waals surface area contributed by atoms with Crippen LogP contribution in [0.1, 0.15) is 31.8 Å². The minimum Gasteiger partial charge on any atom is -0.508 e. The van der Waals surface area contributed by atoms with Crippen LogP contribution in [-0.4, -0.2) is 52.9 Å². The number of phenols is 1. The Labute approximate surface area is 147 Å². The van der Waals surface area contributed by atoms with E-state index >= 15 is 0 Å². The molecule has 2 amide bonds. The average Bonchev–Trinajstić information content (AvgIpc) is 2.63. The summed E-state index contributed by atoms with van der Waals surface area (Å²) in [5.41, 5.74) is 3.42. The van der Waals surface area contributed by atoms with Gasteiger partial charge in [-0.05, 0) is 55.3 Å². The van der Waals surface area contributed by atoms with Crippen LogP contribution in [0, 0.1) is 13.8 Å². The standard InChI is InChI=1S/C20H22N2O3/c1-14-6-7-17(12-15(14)2)20(25)22-10-8-21(9-11-22)19(24)16-4-3-5-18(23)13-16/h3-7,12-13,23H,8-11H2,1-2H3. The molecule has 1 N–H and O–H groups in total. The normalized spacial score (nSPS) is 14.5. The SMILES string of the molecule is Cc1ccc(C(=O)N2CCN(C(=O)c3cccc(O)c3)CC2)cc1C. The highest BCUT2D eigenvalue weighted by Crippen LogP contribution is 2.16. The van der Waals surface area contributed by atoms with Crippen molar-refractivity contribution in [2.45, 2.75) is 13.8 Å². The number of phenolic OH excluding ortho intramolecular Hbond substituents is 1. The Kier molecular flexibility index (Phi) is 4.74. The summed E-state index contributed by atoms with van der Waals surface area (Å²) < 4.78 is 0. The second-order valence-corrected chi connectivity index (χ2v) is 6.43. The second kappa shape index (κ2) is 6.97. The van der Waals surface area contributed by atoms with Gasteiger partial charge in [-0.3, -0.25) is 9.59 Å². The summed E-state index contributed by atoms with van der Waals surface area (Å²) in [5.74, 6) is -0.0314. The van der Waals surface area contributed by atoms with Crippen LogP contribution in [0.15, 0.2) is 42.5 Å². The van der Waals surface area contributed by atoms with Crippen LogP contribution in [0.25, 0.3) is 0 Å². The first kappa shape index (κ1) is 17.0. The smallest absolute Gasteiger partial charge is 0.254 e. The molecular weight excluding hydrogens is 316 g/mol. The van der Waals surface area contributed by atoms with Gasteiger partial charge in [0.05, 0.1) is 0 Å². The Bertz CT molecular complexity index is 808.